The number of sulfonamides is 1. The van der Waals surface area contributed by atoms with Gasteiger partial charge in [-0.05, 0) is 32.0 Å². The van der Waals surface area contributed by atoms with E-state index in [-0.39, 0.29) is 16.0 Å². The highest BCUT2D eigenvalue weighted by molar-refractivity contribution is 7.89. The van der Waals surface area contributed by atoms with E-state index in [1.165, 1.54) is 36.7 Å². The fourth-order valence-corrected chi connectivity index (χ4v) is 4.32. The van der Waals surface area contributed by atoms with E-state index in [1.807, 2.05) is 0 Å². The molecule has 1 fully saturated rings. The van der Waals surface area contributed by atoms with E-state index < -0.39 is 22.0 Å². The number of nitrogens with zero attached hydrogens (tertiary/aromatic N) is 2. The van der Waals surface area contributed by atoms with Crippen molar-refractivity contribution >= 4 is 22.0 Å². The van der Waals surface area contributed by atoms with Crippen LogP contribution in [0.15, 0.2) is 23.1 Å². The Hall–Kier alpha value is -1.97. The second-order valence-electron chi connectivity index (χ2n) is 6.26. The van der Waals surface area contributed by atoms with Crippen molar-refractivity contribution in [3.63, 3.8) is 0 Å². The Morgan fingerprint density at radius 2 is 1.38 bits per heavy atom. The van der Waals surface area contributed by atoms with Crippen molar-refractivity contribution in [1.82, 2.24) is 9.21 Å². The first-order valence-electron chi connectivity index (χ1n) is 8.26. The lowest BCUT2D eigenvalue weighted by molar-refractivity contribution is 0.0598. The summed E-state index contributed by atoms with van der Waals surface area (Å²) in [5, 5.41) is 0. The van der Waals surface area contributed by atoms with Crippen molar-refractivity contribution in [3.8, 4) is 0 Å². The molecule has 0 aromatic heterocycles. The maximum atomic E-state index is 13.0. The molecular formula is C17H24N2O6S. The highest BCUT2D eigenvalue weighted by atomic mass is 32.2. The van der Waals surface area contributed by atoms with Gasteiger partial charge >= 0.3 is 11.9 Å². The van der Waals surface area contributed by atoms with Gasteiger partial charge in [-0.15, -0.1) is 0 Å². The number of rotatable bonds is 5. The molecule has 1 aromatic carbocycles. The van der Waals surface area contributed by atoms with Crippen LogP contribution < -0.4 is 0 Å². The zero-order valence-corrected chi connectivity index (χ0v) is 16.2. The van der Waals surface area contributed by atoms with Crippen molar-refractivity contribution in [1.29, 1.82) is 0 Å². The Morgan fingerprint density at radius 1 is 0.923 bits per heavy atom. The van der Waals surface area contributed by atoms with E-state index in [0.717, 1.165) is 0 Å². The molecule has 9 heteroatoms. The van der Waals surface area contributed by atoms with Crippen LogP contribution in [0.1, 0.15) is 34.6 Å². The second kappa shape index (κ2) is 8.15. The first-order valence-corrected chi connectivity index (χ1v) is 9.70. The molecule has 0 unspecified atom stereocenters. The molecule has 8 nitrogen and oxygen atoms in total. The zero-order chi connectivity index (χ0) is 19.5. The minimum absolute atomic E-state index is 0.0187. The van der Waals surface area contributed by atoms with Gasteiger partial charge in [-0.2, -0.15) is 4.31 Å². The molecule has 0 amide bonds. The number of benzene rings is 1. The van der Waals surface area contributed by atoms with Crippen LogP contribution >= 0.6 is 0 Å². The third-order valence-electron chi connectivity index (χ3n) is 4.39. The lowest BCUT2D eigenvalue weighted by Gasteiger charge is -2.36. The molecule has 0 saturated carbocycles. The lowest BCUT2D eigenvalue weighted by Crippen LogP contribution is -2.50. The van der Waals surface area contributed by atoms with Crippen LogP contribution in [0.3, 0.4) is 0 Å². The standard InChI is InChI=1S/C17H24N2O6S/c1-12(2)18-5-7-19(8-6-18)26(22,23)15-10-13(16(20)24-3)9-14(11-15)17(21)25-4/h9-12H,5-8H2,1-4H3. The summed E-state index contributed by atoms with van der Waals surface area (Å²) in [4.78, 5) is 25.8. The van der Waals surface area contributed by atoms with Crippen molar-refractivity contribution < 1.29 is 27.5 Å². The van der Waals surface area contributed by atoms with Gasteiger partial charge in [-0.3, -0.25) is 4.90 Å². The van der Waals surface area contributed by atoms with Gasteiger partial charge in [0.1, 0.15) is 0 Å². The van der Waals surface area contributed by atoms with Gasteiger partial charge in [0.2, 0.25) is 10.0 Å². The van der Waals surface area contributed by atoms with E-state index >= 15 is 0 Å². The van der Waals surface area contributed by atoms with Crippen LogP contribution in [-0.4, -0.2) is 76.0 Å². The molecular weight excluding hydrogens is 360 g/mol. The van der Waals surface area contributed by atoms with Crippen LogP contribution in [0.25, 0.3) is 0 Å². The van der Waals surface area contributed by atoms with Crippen LogP contribution in [0.2, 0.25) is 0 Å². The predicted octanol–water partition coefficient (Wildman–Crippen LogP) is 0.974. The molecule has 0 N–H and O–H groups in total. The van der Waals surface area contributed by atoms with Gasteiger partial charge in [-0.1, -0.05) is 0 Å². The smallest absolute Gasteiger partial charge is 0.337 e. The minimum atomic E-state index is -3.85. The molecule has 0 atom stereocenters. The molecule has 1 aromatic rings. The summed E-state index contributed by atoms with van der Waals surface area (Å²) < 4.78 is 36.7. The molecule has 1 aliphatic heterocycles. The fraction of sp³-hybridized carbons (Fsp3) is 0.529. The normalized spacial score (nSPS) is 16.5. The molecule has 2 rings (SSSR count). The van der Waals surface area contributed by atoms with E-state index in [1.54, 1.807) is 0 Å². The third-order valence-corrected chi connectivity index (χ3v) is 6.27. The lowest BCUT2D eigenvalue weighted by atomic mass is 10.1. The Labute approximate surface area is 153 Å². The molecule has 26 heavy (non-hydrogen) atoms. The van der Waals surface area contributed by atoms with Gasteiger partial charge < -0.3 is 9.47 Å². The summed E-state index contributed by atoms with van der Waals surface area (Å²) in [5.74, 6) is -1.45. The van der Waals surface area contributed by atoms with Crippen LogP contribution in [0.5, 0.6) is 0 Å². The molecule has 0 radical (unpaired) electrons. The molecule has 1 heterocycles. The molecule has 1 aliphatic rings. The largest absolute Gasteiger partial charge is 0.465 e. The average molecular weight is 384 g/mol. The number of carbonyl (C=O) groups is 2. The van der Waals surface area contributed by atoms with Crippen molar-refractivity contribution in [2.75, 3.05) is 40.4 Å². The summed E-state index contributed by atoms with van der Waals surface area (Å²) in [6, 6.07) is 4.05. The van der Waals surface area contributed by atoms with Crippen LogP contribution in [0.4, 0.5) is 0 Å². The maximum absolute atomic E-state index is 13.0. The summed E-state index contributed by atoms with van der Waals surface area (Å²) in [6.45, 7) is 6.06. The number of hydrogen-bond donors (Lipinski definition) is 0. The first-order chi connectivity index (χ1) is 12.2. The fourth-order valence-electron chi connectivity index (χ4n) is 2.83. The minimum Gasteiger partial charge on any atom is -0.465 e. The van der Waals surface area contributed by atoms with Crippen molar-refractivity contribution in [2.45, 2.75) is 24.8 Å². The molecule has 1 saturated heterocycles. The molecule has 0 aliphatic carbocycles. The van der Waals surface area contributed by atoms with Gasteiger partial charge in [0.05, 0.1) is 30.2 Å². The van der Waals surface area contributed by atoms with E-state index in [0.29, 0.717) is 32.2 Å². The van der Waals surface area contributed by atoms with Crippen molar-refractivity contribution in [3.05, 3.63) is 29.3 Å². The average Bonchev–Trinajstić information content (AvgIpc) is 2.66. The van der Waals surface area contributed by atoms with E-state index in [4.69, 9.17) is 0 Å². The Morgan fingerprint density at radius 3 is 1.77 bits per heavy atom. The molecule has 0 bridgehead atoms. The monoisotopic (exact) mass is 384 g/mol. The SMILES string of the molecule is COC(=O)c1cc(C(=O)OC)cc(S(=O)(=O)N2CCN(C(C)C)CC2)c1. The molecule has 144 valence electrons. The maximum Gasteiger partial charge on any atom is 0.337 e. The van der Waals surface area contributed by atoms with Crippen LogP contribution in [0, 0.1) is 0 Å². The number of hydrogen-bond acceptors (Lipinski definition) is 7. The summed E-state index contributed by atoms with van der Waals surface area (Å²) >= 11 is 0. The number of methoxy groups -OCH3 is 2. The quantitative estimate of drug-likeness (QED) is 0.699. The topological polar surface area (TPSA) is 93.2 Å². The van der Waals surface area contributed by atoms with E-state index in [2.05, 4.69) is 28.2 Å². The summed E-state index contributed by atoms with van der Waals surface area (Å²) in [5.41, 5.74) is -0.0374. The predicted molar refractivity (Wildman–Crippen MR) is 94.6 cm³/mol. The third kappa shape index (κ3) is 4.22. The Kier molecular flexibility index (Phi) is 6.38. The van der Waals surface area contributed by atoms with Crippen LogP contribution in [-0.2, 0) is 19.5 Å². The van der Waals surface area contributed by atoms with Gasteiger partial charge in [0.25, 0.3) is 0 Å². The Bertz CT molecular complexity index is 748. The number of piperazine rings is 1. The summed E-state index contributed by atoms with van der Waals surface area (Å²) in [7, 11) is -1.47. The zero-order valence-electron chi connectivity index (χ0n) is 15.4. The van der Waals surface area contributed by atoms with Crippen molar-refractivity contribution in [2.24, 2.45) is 0 Å². The van der Waals surface area contributed by atoms with Gasteiger partial charge in [-0.25, -0.2) is 18.0 Å². The number of ether oxygens (including phenoxy) is 2. The second-order valence-corrected chi connectivity index (χ2v) is 8.20. The van der Waals surface area contributed by atoms with Gasteiger partial charge in [0, 0.05) is 32.2 Å². The van der Waals surface area contributed by atoms with Gasteiger partial charge in [0.15, 0.2) is 0 Å². The first kappa shape index (κ1) is 20.3. The van der Waals surface area contributed by atoms with E-state index in [9.17, 15) is 18.0 Å². The molecule has 0 spiro atoms. The summed E-state index contributed by atoms with van der Waals surface area (Å²) in [6.07, 6.45) is 0. The number of carbonyl (C=O) groups excluding carboxylic acids is 2. The number of esters is 2. The highest BCUT2D eigenvalue weighted by Gasteiger charge is 2.30. The Balaban J connectivity index is 2.39. The highest BCUT2D eigenvalue weighted by Crippen LogP contribution is 2.22.